The summed E-state index contributed by atoms with van der Waals surface area (Å²) >= 11 is 0. The van der Waals surface area contributed by atoms with Crippen LogP contribution in [0.2, 0.25) is 0 Å². The molecule has 81 heavy (non-hydrogen) atoms. The SMILES string of the molecule is CC(=O)OCOC(=O)CN(CCOCCOc1c(N(CC(=O)OCOC(C)=O)CC(=O)OCOC(C)=O)ccc2c1C(=O)OC21c2cc(F)c(OCOC(C)=O)cc2Oc2cc(OCOC(C)=O)c(F)cc21)CC(=O)OCOC(C)=O. The summed E-state index contributed by atoms with van der Waals surface area (Å²) in [6.07, 6.45) is 0. The predicted octanol–water partition coefficient (Wildman–Crippen LogP) is 2.09. The second-order valence-corrected chi connectivity index (χ2v) is 16.5. The number of anilines is 1. The molecule has 3 aromatic carbocycles. The zero-order valence-electron chi connectivity index (χ0n) is 44.0. The number of benzene rings is 3. The van der Waals surface area contributed by atoms with Crippen molar-refractivity contribution in [3.05, 3.63) is 70.3 Å². The minimum atomic E-state index is -2.38. The Morgan fingerprint density at radius 2 is 0.889 bits per heavy atom. The molecule has 438 valence electrons. The molecule has 3 aromatic rings. The Balaban J connectivity index is 1.60. The zero-order chi connectivity index (χ0) is 59.4. The first kappa shape index (κ1) is 62.5. The predicted molar refractivity (Wildman–Crippen MR) is 255 cm³/mol. The van der Waals surface area contributed by atoms with Gasteiger partial charge in [-0.15, -0.1) is 0 Å². The quantitative estimate of drug-likeness (QED) is 0.0399. The smallest absolute Gasteiger partial charge is 0.344 e. The van der Waals surface area contributed by atoms with Gasteiger partial charge in [0, 0.05) is 65.8 Å². The van der Waals surface area contributed by atoms with Crippen molar-refractivity contribution in [2.45, 2.75) is 47.1 Å². The molecule has 0 aliphatic carbocycles. The minimum absolute atomic E-state index is 0.203. The number of nitrogens with zero attached hydrogens (tertiary/aromatic N) is 2. The minimum Gasteiger partial charge on any atom is -0.488 e. The molecule has 0 saturated heterocycles. The molecule has 0 aromatic heterocycles. The summed E-state index contributed by atoms with van der Waals surface area (Å²) in [5, 5.41) is 0. The van der Waals surface area contributed by atoms with E-state index >= 15 is 8.78 Å². The van der Waals surface area contributed by atoms with Crippen LogP contribution in [0.5, 0.6) is 28.7 Å². The topological polar surface area (TPSA) is 342 Å². The lowest BCUT2D eigenvalue weighted by molar-refractivity contribution is -0.170. The number of carbonyl (C=O) groups is 11. The third kappa shape index (κ3) is 18.1. The van der Waals surface area contributed by atoms with Crippen molar-refractivity contribution in [1.82, 2.24) is 4.90 Å². The van der Waals surface area contributed by atoms with E-state index in [-0.39, 0.29) is 53.6 Å². The molecule has 0 radical (unpaired) electrons. The average molecular weight is 1150 g/mol. The van der Waals surface area contributed by atoms with Crippen LogP contribution in [0.25, 0.3) is 0 Å². The summed E-state index contributed by atoms with van der Waals surface area (Å²) < 4.78 is 116. The van der Waals surface area contributed by atoms with Gasteiger partial charge in [0.05, 0.1) is 43.1 Å². The molecule has 2 aliphatic heterocycles. The van der Waals surface area contributed by atoms with Crippen LogP contribution in [-0.4, -0.2) is 164 Å². The average Bonchev–Trinajstić information content (AvgIpc) is 3.98. The number of halogens is 2. The van der Waals surface area contributed by atoms with Crippen molar-refractivity contribution in [2.24, 2.45) is 0 Å². The molecule has 0 atom stereocenters. The van der Waals surface area contributed by atoms with Crippen LogP contribution in [-0.2, 0) is 110 Å². The molecular formula is C50H52F2N2O27. The van der Waals surface area contributed by atoms with E-state index in [9.17, 15) is 52.7 Å². The van der Waals surface area contributed by atoms with Crippen molar-refractivity contribution in [2.75, 3.05) is 98.2 Å². The lowest BCUT2D eigenvalue weighted by Crippen LogP contribution is -2.39. The van der Waals surface area contributed by atoms with Gasteiger partial charge in [-0.3, -0.25) is 52.8 Å². The Bertz CT molecular complexity index is 2750. The molecule has 0 bridgehead atoms. The molecule has 0 fully saturated rings. The molecule has 2 aliphatic rings. The van der Waals surface area contributed by atoms with E-state index in [1.54, 1.807) is 0 Å². The van der Waals surface area contributed by atoms with E-state index in [0.29, 0.717) is 0 Å². The van der Waals surface area contributed by atoms with E-state index in [4.69, 9.17) is 66.3 Å². The summed E-state index contributed by atoms with van der Waals surface area (Å²) in [4.78, 5) is 137. The van der Waals surface area contributed by atoms with Gasteiger partial charge < -0.3 is 80.7 Å². The number of esters is 11. The van der Waals surface area contributed by atoms with Crippen LogP contribution >= 0.6 is 0 Å². The molecule has 0 amide bonds. The molecule has 0 N–H and O–H groups in total. The highest BCUT2D eigenvalue weighted by Gasteiger charge is 2.56. The van der Waals surface area contributed by atoms with Gasteiger partial charge >= 0.3 is 65.7 Å². The monoisotopic (exact) mass is 1150 g/mol. The Morgan fingerprint density at radius 1 is 0.481 bits per heavy atom. The van der Waals surface area contributed by atoms with Gasteiger partial charge in [-0.05, 0) is 18.2 Å². The maximum absolute atomic E-state index is 16.2. The standard InChI is InChI=1S/C50H52F2N2O27/c1-27(55)68-21-74-41-15-39-34(13-36(41)51)50(35-14-37(52)42(16-40(35)80-39)75-22-69-28(2)56)33-7-8-38(54(19-45(63)78-25-72-31(5)59)20-46(64)79-26-73-32(6)60)48(47(33)49(65)81-50)67-12-11-66-10-9-53(17-43(61)76-23-70-29(3)57)18-44(62)77-24-71-30(4)58/h7-8,13-16H,9-12,17-26H2,1-6H3. The Kier molecular flexibility index (Phi) is 22.8. The fourth-order valence-corrected chi connectivity index (χ4v) is 7.24. The zero-order valence-corrected chi connectivity index (χ0v) is 44.0. The lowest BCUT2D eigenvalue weighted by atomic mass is 9.77. The van der Waals surface area contributed by atoms with Crippen LogP contribution in [0.1, 0.15) is 68.6 Å². The first-order valence-electron chi connectivity index (χ1n) is 23.6. The van der Waals surface area contributed by atoms with Gasteiger partial charge in [0.25, 0.3) is 0 Å². The highest BCUT2D eigenvalue weighted by molar-refractivity contribution is 6.02. The van der Waals surface area contributed by atoms with E-state index in [1.165, 1.54) is 17.0 Å². The van der Waals surface area contributed by atoms with Gasteiger partial charge in [-0.1, -0.05) is 6.07 Å². The van der Waals surface area contributed by atoms with Crippen LogP contribution < -0.4 is 23.8 Å². The molecular weight excluding hydrogens is 1100 g/mol. The van der Waals surface area contributed by atoms with Crippen LogP contribution in [0.3, 0.4) is 0 Å². The van der Waals surface area contributed by atoms with Crippen molar-refractivity contribution in [3.63, 3.8) is 0 Å². The van der Waals surface area contributed by atoms with Crippen molar-refractivity contribution < 1.29 is 137 Å². The molecule has 2 heterocycles. The van der Waals surface area contributed by atoms with Crippen molar-refractivity contribution in [1.29, 1.82) is 0 Å². The fraction of sp³-hybridized carbons (Fsp3) is 0.420. The number of fused-ring (bicyclic) bond motifs is 6. The number of rotatable bonds is 30. The maximum atomic E-state index is 16.2. The second kappa shape index (κ2) is 29.5. The Labute approximate surface area is 457 Å². The van der Waals surface area contributed by atoms with Crippen LogP contribution in [0, 0.1) is 11.6 Å². The molecule has 1 spiro atoms. The normalized spacial score (nSPS) is 12.1. The van der Waals surface area contributed by atoms with Crippen LogP contribution in [0.4, 0.5) is 14.5 Å². The molecule has 31 heteroatoms. The number of hydrogen-bond acceptors (Lipinski definition) is 29. The summed E-state index contributed by atoms with van der Waals surface area (Å²) in [6.45, 7) is -2.70. The highest BCUT2D eigenvalue weighted by Crippen LogP contribution is 2.59. The second-order valence-electron chi connectivity index (χ2n) is 16.5. The van der Waals surface area contributed by atoms with E-state index < -0.39 is 179 Å². The van der Waals surface area contributed by atoms with Crippen LogP contribution in [0.15, 0.2) is 36.4 Å². The number of ether oxygens (including phenoxy) is 16. The Morgan fingerprint density at radius 3 is 1.31 bits per heavy atom. The van der Waals surface area contributed by atoms with Crippen molar-refractivity contribution in [3.8, 4) is 28.7 Å². The van der Waals surface area contributed by atoms with Gasteiger partial charge in [-0.25, -0.2) is 13.6 Å². The summed E-state index contributed by atoms with van der Waals surface area (Å²) in [5.41, 5.74) is -3.92. The number of hydrogen-bond donors (Lipinski definition) is 0. The lowest BCUT2D eigenvalue weighted by Gasteiger charge is -2.37. The summed E-state index contributed by atoms with van der Waals surface area (Å²) in [5.74, 6) is -14.5. The first-order chi connectivity index (χ1) is 38.5. The molecule has 0 saturated carbocycles. The largest absolute Gasteiger partial charge is 0.488 e. The molecule has 29 nitrogen and oxygen atoms in total. The fourth-order valence-electron chi connectivity index (χ4n) is 7.24. The van der Waals surface area contributed by atoms with Gasteiger partial charge in [-0.2, -0.15) is 0 Å². The van der Waals surface area contributed by atoms with Gasteiger partial charge in [0.2, 0.25) is 40.8 Å². The number of carbonyl (C=O) groups excluding carboxylic acids is 11. The maximum Gasteiger partial charge on any atom is 0.344 e. The molecule has 5 rings (SSSR count). The van der Waals surface area contributed by atoms with Gasteiger partial charge in [0.1, 0.15) is 36.8 Å². The highest BCUT2D eigenvalue weighted by atomic mass is 19.1. The van der Waals surface area contributed by atoms with E-state index in [1.807, 2.05) is 0 Å². The van der Waals surface area contributed by atoms with E-state index in [0.717, 1.165) is 70.7 Å². The third-order valence-corrected chi connectivity index (χ3v) is 10.6. The van der Waals surface area contributed by atoms with Crippen molar-refractivity contribution >= 4 is 71.3 Å². The third-order valence-electron chi connectivity index (χ3n) is 10.6. The summed E-state index contributed by atoms with van der Waals surface area (Å²) in [7, 11) is 0. The van der Waals surface area contributed by atoms with E-state index in [2.05, 4.69) is 9.47 Å². The Hall–Kier alpha value is -9.39. The molecule has 0 unspecified atom stereocenters. The first-order valence-corrected chi connectivity index (χ1v) is 23.6. The van der Waals surface area contributed by atoms with Gasteiger partial charge in [0.15, 0.2) is 34.5 Å². The summed E-state index contributed by atoms with van der Waals surface area (Å²) in [6, 6.07) is 6.14.